The highest BCUT2D eigenvalue weighted by atomic mass is 32.2. The first-order valence-electron chi connectivity index (χ1n) is 7.68. The fraction of sp³-hybridized carbons (Fsp3) is 0.167. The van der Waals surface area contributed by atoms with Gasteiger partial charge in [0.2, 0.25) is 5.91 Å². The van der Waals surface area contributed by atoms with Crippen molar-refractivity contribution in [2.24, 2.45) is 0 Å². The third kappa shape index (κ3) is 4.37. The smallest absolute Gasteiger partial charge is 0.266 e. The minimum Gasteiger partial charge on any atom is -0.465 e. The van der Waals surface area contributed by atoms with E-state index in [0.717, 1.165) is 11.3 Å². The number of furan rings is 1. The van der Waals surface area contributed by atoms with E-state index in [1.165, 1.54) is 16.7 Å². The molecule has 1 aromatic carbocycles. The number of thiocarbonyl (C=S) groups is 1. The first-order chi connectivity index (χ1) is 12.0. The minimum atomic E-state index is -0.200. The lowest BCUT2D eigenvalue weighted by Crippen LogP contribution is -2.31. The molecule has 25 heavy (non-hydrogen) atoms. The Labute approximate surface area is 155 Å². The fourth-order valence-electron chi connectivity index (χ4n) is 2.27. The summed E-state index contributed by atoms with van der Waals surface area (Å²) in [5, 5.41) is 2.81. The van der Waals surface area contributed by atoms with Crippen molar-refractivity contribution in [2.45, 2.75) is 13.3 Å². The number of rotatable bonds is 5. The van der Waals surface area contributed by atoms with Gasteiger partial charge in [-0.05, 0) is 31.2 Å². The van der Waals surface area contributed by atoms with Crippen LogP contribution in [0, 0.1) is 6.92 Å². The van der Waals surface area contributed by atoms with E-state index in [1.54, 1.807) is 24.5 Å². The molecule has 2 heterocycles. The number of nitrogens with zero attached hydrogens (tertiary/aromatic N) is 1. The Morgan fingerprint density at radius 3 is 2.76 bits per heavy atom. The van der Waals surface area contributed by atoms with E-state index in [-0.39, 0.29) is 24.8 Å². The number of carbonyl (C=O) groups excluding carboxylic acids is 2. The van der Waals surface area contributed by atoms with Gasteiger partial charge in [-0.15, -0.1) is 0 Å². The molecule has 1 saturated heterocycles. The van der Waals surface area contributed by atoms with Crippen LogP contribution < -0.4 is 5.32 Å². The van der Waals surface area contributed by atoms with Gasteiger partial charge in [0.05, 0.1) is 11.2 Å². The predicted molar refractivity (Wildman–Crippen MR) is 103 cm³/mol. The van der Waals surface area contributed by atoms with Crippen LogP contribution in [0.5, 0.6) is 0 Å². The Hall–Kier alpha value is -2.38. The summed E-state index contributed by atoms with van der Waals surface area (Å²) in [7, 11) is 0. The summed E-state index contributed by atoms with van der Waals surface area (Å²) in [6, 6.07) is 11.1. The largest absolute Gasteiger partial charge is 0.465 e. The average Bonchev–Trinajstić information content (AvgIpc) is 3.18. The van der Waals surface area contributed by atoms with Crippen LogP contribution in [0.4, 0.5) is 5.69 Å². The van der Waals surface area contributed by atoms with Gasteiger partial charge in [0, 0.05) is 24.7 Å². The Kier molecular flexibility index (Phi) is 5.35. The molecule has 0 bridgehead atoms. The number of carbonyl (C=O) groups is 2. The van der Waals surface area contributed by atoms with E-state index in [0.29, 0.717) is 15.0 Å². The van der Waals surface area contributed by atoms with Crippen molar-refractivity contribution in [1.82, 2.24) is 4.90 Å². The molecule has 2 amide bonds. The van der Waals surface area contributed by atoms with E-state index < -0.39 is 0 Å². The molecule has 0 aliphatic carbocycles. The molecule has 0 atom stereocenters. The SMILES string of the molecule is Cc1ccc(NC(=O)CCN2C(=O)/C(=C\c3ccco3)SC2=S)cc1. The molecule has 0 spiro atoms. The highest BCUT2D eigenvalue weighted by molar-refractivity contribution is 8.26. The maximum atomic E-state index is 12.4. The highest BCUT2D eigenvalue weighted by Gasteiger charge is 2.32. The highest BCUT2D eigenvalue weighted by Crippen LogP contribution is 2.32. The molecule has 1 N–H and O–H groups in total. The van der Waals surface area contributed by atoms with Crippen molar-refractivity contribution in [1.29, 1.82) is 0 Å². The number of anilines is 1. The maximum absolute atomic E-state index is 12.4. The van der Waals surface area contributed by atoms with Gasteiger partial charge in [-0.2, -0.15) is 0 Å². The Balaban J connectivity index is 1.57. The average molecular weight is 372 g/mol. The van der Waals surface area contributed by atoms with Crippen molar-refractivity contribution in [3.8, 4) is 0 Å². The van der Waals surface area contributed by atoms with Crippen molar-refractivity contribution in [3.63, 3.8) is 0 Å². The molecule has 0 saturated carbocycles. The van der Waals surface area contributed by atoms with E-state index in [2.05, 4.69) is 5.32 Å². The fourth-order valence-corrected chi connectivity index (χ4v) is 3.56. The zero-order chi connectivity index (χ0) is 17.8. The number of hydrogen-bond acceptors (Lipinski definition) is 5. The number of benzene rings is 1. The predicted octanol–water partition coefficient (Wildman–Crippen LogP) is 3.82. The van der Waals surface area contributed by atoms with Crippen molar-refractivity contribution >= 4 is 51.9 Å². The lowest BCUT2D eigenvalue weighted by Gasteiger charge is -2.14. The molecule has 5 nitrogen and oxygen atoms in total. The van der Waals surface area contributed by atoms with E-state index in [4.69, 9.17) is 16.6 Å². The third-order valence-electron chi connectivity index (χ3n) is 3.59. The molecular formula is C18H16N2O3S2. The second kappa shape index (κ2) is 7.67. The van der Waals surface area contributed by atoms with Gasteiger partial charge in [-0.1, -0.05) is 41.7 Å². The van der Waals surface area contributed by atoms with Crippen LogP contribution >= 0.6 is 24.0 Å². The topological polar surface area (TPSA) is 62.6 Å². The number of hydrogen-bond donors (Lipinski definition) is 1. The van der Waals surface area contributed by atoms with Gasteiger partial charge in [0.15, 0.2) is 0 Å². The third-order valence-corrected chi connectivity index (χ3v) is 4.97. The minimum absolute atomic E-state index is 0.159. The summed E-state index contributed by atoms with van der Waals surface area (Å²) in [4.78, 5) is 26.4. The zero-order valence-corrected chi connectivity index (χ0v) is 15.2. The van der Waals surface area contributed by atoms with Gasteiger partial charge >= 0.3 is 0 Å². The molecule has 128 valence electrons. The summed E-state index contributed by atoms with van der Waals surface area (Å²) in [5.41, 5.74) is 1.86. The zero-order valence-electron chi connectivity index (χ0n) is 13.5. The van der Waals surface area contributed by atoms with Crippen molar-refractivity contribution in [3.05, 3.63) is 58.9 Å². The monoisotopic (exact) mass is 372 g/mol. The number of amides is 2. The lowest BCUT2D eigenvalue weighted by atomic mass is 10.2. The molecule has 1 aliphatic rings. The maximum Gasteiger partial charge on any atom is 0.266 e. The first kappa shape index (κ1) is 17.4. The standard InChI is InChI=1S/C18H16N2O3S2/c1-12-4-6-13(7-5-12)19-16(21)8-9-20-17(22)15(25-18(20)24)11-14-3-2-10-23-14/h2-7,10-11H,8-9H2,1H3,(H,19,21)/b15-11+. The Morgan fingerprint density at radius 2 is 2.08 bits per heavy atom. The Morgan fingerprint density at radius 1 is 1.32 bits per heavy atom. The number of nitrogens with one attached hydrogen (secondary N) is 1. The van der Waals surface area contributed by atoms with Crippen LogP contribution in [0.2, 0.25) is 0 Å². The van der Waals surface area contributed by atoms with Crippen LogP contribution in [0.25, 0.3) is 6.08 Å². The quantitative estimate of drug-likeness (QED) is 0.639. The summed E-state index contributed by atoms with van der Waals surface area (Å²) < 4.78 is 5.67. The summed E-state index contributed by atoms with van der Waals surface area (Å²) in [6.07, 6.45) is 3.38. The van der Waals surface area contributed by atoms with Gasteiger partial charge in [-0.3, -0.25) is 14.5 Å². The second-order valence-electron chi connectivity index (χ2n) is 5.51. The van der Waals surface area contributed by atoms with E-state index >= 15 is 0 Å². The summed E-state index contributed by atoms with van der Waals surface area (Å²) in [6.45, 7) is 2.23. The molecule has 7 heteroatoms. The molecule has 0 unspecified atom stereocenters. The number of aryl methyl sites for hydroxylation is 1. The van der Waals surface area contributed by atoms with Crippen molar-refractivity contribution < 1.29 is 14.0 Å². The van der Waals surface area contributed by atoms with Gasteiger partial charge in [0.25, 0.3) is 5.91 Å². The van der Waals surface area contributed by atoms with Gasteiger partial charge in [-0.25, -0.2) is 0 Å². The lowest BCUT2D eigenvalue weighted by molar-refractivity contribution is -0.122. The van der Waals surface area contributed by atoms with Gasteiger partial charge < -0.3 is 9.73 Å². The number of thioether (sulfide) groups is 1. The molecule has 1 aliphatic heterocycles. The summed E-state index contributed by atoms with van der Waals surface area (Å²) >= 11 is 6.47. The van der Waals surface area contributed by atoms with Crippen LogP contribution in [0.15, 0.2) is 52.0 Å². The van der Waals surface area contributed by atoms with Gasteiger partial charge in [0.1, 0.15) is 10.1 Å². The molecule has 1 aromatic heterocycles. The molecule has 1 fully saturated rings. The summed E-state index contributed by atoms with van der Waals surface area (Å²) in [5.74, 6) is 0.236. The molecular weight excluding hydrogens is 356 g/mol. The van der Waals surface area contributed by atoms with Crippen LogP contribution in [0.3, 0.4) is 0 Å². The van der Waals surface area contributed by atoms with Crippen molar-refractivity contribution in [2.75, 3.05) is 11.9 Å². The first-order valence-corrected chi connectivity index (χ1v) is 8.91. The van der Waals surface area contributed by atoms with Crippen LogP contribution in [-0.4, -0.2) is 27.6 Å². The second-order valence-corrected chi connectivity index (χ2v) is 7.19. The van der Waals surface area contributed by atoms with E-state index in [9.17, 15) is 9.59 Å². The molecule has 2 aromatic rings. The molecule has 0 radical (unpaired) electrons. The van der Waals surface area contributed by atoms with Crippen LogP contribution in [0.1, 0.15) is 17.7 Å². The van der Waals surface area contributed by atoms with E-state index in [1.807, 2.05) is 31.2 Å². The molecule has 3 rings (SSSR count). The normalized spacial score (nSPS) is 15.9. The van der Waals surface area contributed by atoms with Crippen LogP contribution in [-0.2, 0) is 9.59 Å². The Bertz CT molecular complexity index is 827.